The first kappa shape index (κ1) is 16.9. The third-order valence-corrected chi connectivity index (χ3v) is 3.49. The summed E-state index contributed by atoms with van der Waals surface area (Å²) in [6, 6.07) is 15.3. The minimum absolute atomic E-state index is 0.0687. The van der Waals surface area contributed by atoms with Crippen LogP contribution in [0.1, 0.15) is 31.7 Å². The summed E-state index contributed by atoms with van der Waals surface area (Å²) in [6.07, 6.45) is 0.282. The summed E-state index contributed by atoms with van der Waals surface area (Å²) >= 11 is 0. The van der Waals surface area contributed by atoms with Gasteiger partial charge in [0.1, 0.15) is 0 Å². The molecular formula is C19H23NO3. The Morgan fingerprint density at radius 2 is 1.83 bits per heavy atom. The van der Waals surface area contributed by atoms with Crippen molar-refractivity contribution in [1.29, 1.82) is 0 Å². The van der Waals surface area contributed by atoms with E-state index in [1.165, 1.54) is 5.56 Å². The highest BCUT2D eigenvalue weighted by atomic mass is 16.5. The van der Waals surface area contributed by atoms with Crippen LogP contribution >= 0.6 is 0 Å². The molecule has 2 rings (SSSR count). The van der Waals surface area contributed by atoms with Crippen LogP contribution < -0.4 is 14.8 Å². The number of rotatable bonds is 7. The lowest BCUT2D eigenvalue weighted by Gasteiger charge is -2.11. The van der Waals surface area contributed by atoms with Crippen molar-refractivity contribution in [1.82, 2.24) is 0 Å². The van der Waals surface area contributed by atoms with Crippen molar-refractivity contribution < 1.29 is 14.3 Å². The standard InChI is InChI=1S/C19H23NO3/c1-14(2)15-7-6-8-16(13-15)20-19(21)11-12-23-18-10-5-4-9-17(18)22-3/h4-10,13-14H,11-12H2,1-3H3,(H,20,21). The topological polar surface area (TPSA) is 47.6 Å². The Hall–Kier alpha value is -2.49. The van der Waals surface area contributed by atoms with Crippen LogP contribution in [0.25, 0.3) is 0 Å². The molecule has 0 radical (unpaired) electrons. The van der Waals surface area contributed by atoms with Gasteiger partial charge in [-0.3, -0.25) is 4.79 Å². The molecule has 0 aliphatic rings. The van der Waals surface area contributed by atoms with Crippen LogP contribution in [0.15, 0.2) is 48.5 Å². The van der Waals surface area contributed by atoms with Crippen molar-refractivity contribution in [3.05, 3.63) is 54.1 Å². The van der Waals surface area contributed by atoms with Gasteiger partial charge in [0.15, 0.2) is 11.5 Å². The molecule has 0 bridgehead atoms. The summed E-state index contributed by atoms with van der Waals surface area (Å²) in [5.41, 5.74) is 2.02. The first-order valence-electron chi connectivity index (χ1n) is 7.75. The number of amides is 1. The molecule has 0 aliphatic heterocycles. The minimum atomic E-state index is -0.0687. The fourth-order valence-corrected chi connectivity index (χ4v) is 2.19. The fraction of sp³-hybridized carbons (Fsp3) is 0.316. The monoisotopic (exact) mass is 313 g/mol. The number of nitrogens with one attached hydrogen (secondary N) is 1. The lowest BCUT2D eigenvalue weighted by molar-refractivity contribution is -0.116. The van der Waals surface area contributed by atoms with Crippen LogP contribution in [-0.2, 0) is 4.79 Å². The lowest BCUT2D eigenvalue weighted by Crippen LogP contribution is -2.15. The second-order valence-electron chi connectivity index (χ2n) is 5.58. The maximum absolute atomic E-state index is 12.0. The quantitative estimate of drug-likeness (QED) is 0.832. The number of carbonyl (C=O) groups excluding carboxylic acids is 1. The number of carbonyl (C=O) groups is 1. The molecule has 0 saturated carbocycles. The summed E-state index contributed by atoms with van der Waals surface area (Å²) in [5, 5.41) is 2.90. The summed E-state index contributed by atoms with van der Waals surface area (Å²) < 4.78 is 10.8. The number of benzene rings is 2. The minimum Gasteiger partial charge on any atom is -0.493 e. The third kappa shape index (κ3) is 5.02. The van der Waals surface area contributed by atoms with Crippen LogP contribution in [0, 0.1) is 0 Å². The average Bonchev–Trinajstić information content (AvgIpc) is 2.55. The number of hydrogen-bond acceptors (Lipinski definition) is 3. The molecule has 0 saturated heterocycles. The molecule has 0 fully saturated rings. The highest BCUT2D eigenvalue weighted by Gasteiger charge is 2.07. The Morgan fingerprint density at radius 1 is 1.09 bits per heavy atom. The Morgan fingerprint density at radius 3 is 2.52 bits per heavy atom. The van der Waals surface area contributed by atoms with Crippen LogP contribution in [0.2, 0.25) is 0 Å². The summed E-state index contributed by atoms with van der Waals surface area (Å²) in [7, 11) is 1.59. The molecule has 2 aromatic carbocycles. The molecule has 4 nitrogen and oxygen atoms in total. The van der Waals surface area contributed by atoms with Crippen molar-refractivity contribution in [3.8, 4) is 11.5 Å². The molecule has 23 heavy (non-hydrogen) atoms. The first-order chi connectivity index (χ1) is 11.1. The third-order valence-electron chi connectivity index (χ3n) is 3.49. The second-order valence-corrected chi connectivity index (χ2v) is 5.58. The highest BCUT2D eigenvalue weighted by molar-refractivity contribution is 5.90. The molecule has 0 atom stereocenters. The molecule has 0 aliphatic carbocycles. The van der Waals surface area contributed by atoms with Crippen molar-refractivity contribution in [2.75, 3.05) is 19.0 Å². The predicted molar refractivity (Wildman–Crippen MR) is 92.3 cm³/mol. The average molecular weight is 313 g/mol. The summed E-state index contributed by atoms with van der Waals surface area (Å²) in [5.74, 6) is 1.67. The largest absolute Gasteiger partial charge is 0.493 e. The van der Waals surface area contributed by atoms with E-state index in [1.807, 2.05) is 42.5 Å². The van der Waals surface area contributed by atoms with E-state index in [9.17, 15) is 4.79 Å². The van der Waals surface area contributed by atoms with Gasteiger partial charge < -0.3 is 14.8 Å². The van der Waals surface area contributed by atoms with Crippen molar-refractivity contribution >= 4 is 11.6 Å². The number of hydrogen-bond donors (Lipinski definition) is 1. The Balaban J connectivity index is 1.84. The van der Waals surface area contributed by atoms with E-state index in [0.29, 0.717) is 24.0 Å². The SMILES string of the molecule is COc1ccccc1OCCC(=O)Nc1cccc(C(C)C)c1. The number of ether oxygens (including phenoxy) is 2. The maximum Gasteiger partial charge on any atom is 0.227 e. The Kier molecular flexibility index (Phi) is 6.03. The van der Waals surface area contributed by atoms with Gasteiger partial charge in [0, 0.05) is 5.69 Å². The second kappa shape index (κ2) is 8.22. The van der Waals surface area contributed by atoms with Gasteiger partial charge in [-0.2, -0.15) is 0 Å². The number of para-hydroxylation sites is 2. The predicted octanol–water partition coefficient (Wildman–Crippen LogP) is 4.23. The maximum atomic E-state index is 12.0. The lowest BCUT2D eigenvalue weighted by atomic mass is 10.0. The molecule has 1 amide bonds. The van der Waals surface area contributed by atoms with E-state index in [0.717, 1.165) is 5.69 Å². The van der Waals surface area contributed by atoms with Gasteiger partial charge in [-0.15, -0.1) is 0 Å². The molecule has 1 N–H and O–H groups in total. The van der Waals surface area contributed by atoms with Gasteiger partial charge in [0.25, 0.3) is 0 Å². The van der Waals surface area contributed by atoms with Crippen LogP contribution in [0.4, 0.5) is 5.69 Å². The van der Waals surface area contributed by atoms with E-state index in [1.54, 1.807) is 7.11 Å². The van der Waals surface area contributed by atoms with E-state index in [-0.39, 0.29) is 12.3 Å². The van der Waals surface area contributed by atoms with Gasteiger partial charge in [-0.05, 0) is 35.7 Å². The van der Waals surface area contributed by atoms with E-state index in [2.05, 4.69) is 25.2 Å². The number of methoxy groups -OCH3 is 1. The summed E-state index contributed by atoms with van der Waals surface area (Å²) in [4.78, 5) is 12.0. The van der Waals surface area contributed by atoms with Crippen molar-refractivity contribution in [2.24, 2.45) is 0 Å². The van der Waals surface area contributed by atoms with E-state index >= 15 is 0 Å². The van der Waals surface area contributed by atoms with Crippen LogP contribution in [-0.4, -0.2) is 19.6 Å². The fourth-order valence-electron chi connectivity index (χ4n) is 2.19. The molecule has 122 valence electrons. The van der Waals surface area contributed by atoms with Gasteiger partial charge in [-0.1, -0.05) is 38.1 Å². The van der Waals surface area contributed by atoms with E-state index in [4.69, 9.17) is 9.47 Å². The zero-order chi connectivity index (χ0) is 16.7. The smallest absolute Gasteiger partial charge is 0.227 e. The van der Waals surface area contributed by atoms with Gasteiger partial charge >= 0.3 is 0 Å². The van der Waals surface area contributed by atoms with Crippen molar-refractivity contribution in [3.63, 3.8) is 0 Å². The van der Waals surface area contributed by atoms with Gasteiger partial charge in [-0.25, -0.2) is 0 Å². The summed E-state index contributed by atoms with van der Waals surface area (Å²) in [6.45, 7) is 4.56. The Labute approximate surface area is 137 Å². The zero-order valence-electron chi connectivity index (χ0n) is 13.8. The molecule has 4 heteroatoms. The first-order valence-corrected chi connectivity index (χ1v) is 7.75. The molecular weight excluding hydrogens is 290 g/mol. The zero-order valence-corrected chi connectivity index (χ0v) is 13.8. The molecule has 2 aromatic rings. The van der Waals surface area contributed by atoms with Crippen LogP contribution in [0.5, 0.6) is 11.5 Å². The highest BCUT2D eigenvalue weighted by Crippen LogP contribution is 2.25. The van der Waals surface area contributed by atoms with Crippen LogP contribution in [0.3, 0.4) is 0 Å². The molecule has 0 spiro atoms. The molecule has 0 aromatic heterocycles. The van der Waals surface area contributed by atoms with Gasteiger partial charge in [0.2, 0.25) is 5.91 Å². The van der Waals surface area contributed by atoms with Crippen molar-refractivity contribution in [2.45, 2.75) is 26.2 Å². The van der Waals surface area contributed by atoms with Gasteiger partial charge in [0.05, 0.1) is 20.1 Å². The molecule has 0 unspecified atom stereocenters. The number of anilines is 1. The molecule has 0 heterocycles. The Bertz CT molecular complexity index is 653. The normalized spacial score (nSPS) is 10.4. The van der Waals surface area contributed by atoms with E-state index < -0.39 is 0 Å².